The van der Waals surface area contributed by atoms with Crippen LogP contribution in [0.1, 0.15) is 28.5 Å². The Labute approximate surface area is 191 Å². The van der Waals surface area contributed by atoms with E-state index in [1.165, 1.54) is 0 Å². The van der Waals surface area contributed by atoms with E-state index in [0.29, 0.717) is 35.8 Å². The highest BCUT2D eigenvalue weighted by molar-refractivity contribution is 6.34. The average Bonchev–Trinajstić information content (AvgIpc) is 3.15. The van der Waals surface area contributed by atoms with Crippen molar-refractivity contribution in [2.45, 2.75) is 19.0 Å². The molecule has 1 saturated heterocycles. The normalized spacial score (nSPS) is 20.9. The van der Waals surface area contributed by atoms with E-state index >= 15 is 0 Å². The van der Waals surface area contributed by atoms with E-state index in [9.17, 15) is 9.59 Å². The van der Waals surface area contributed by atoms with Gasteiger partial charge >= 0.3 is 0 Å². The number of fused-ring (bicyclic) bond motifs is 2. The molecule has 1 unspecified atom stereocenters. The third kappa shape index (κ3) is 3.33. The lowest BCUT2D eigenvalue weighted by Crippen LogP contribution is -2.58. The van der Waals surface area contributed by atoms with Gasteiger partial charge in [0.15, 0.2) is 0 Å². The van der Waals surface area contributed by atoms with Crippen LogP contribution in [0.5, 0.6) is 0 Å². The van der Waals surface area contributed by atoms with E-state index in [2.05, 4.69) is 10.9 Å². The Bertz CT molecular complexity index is 1160. The Morgan fingerprint density at radius 2 is 2.00 bits per heavy atom. The van der Waals surface area contributed by atoms with Crippen LogP contribution in [-0.2, 0) is 16.9 Å². The van der Waals surface area contributed by atoms with Crippen LogP contribution in [0.4, 0.5) is 0 Å². The van der Waals surface area contributed by atoms with E-state index < -0.39 is 11.6 Å². The number of allylic oxidation sites excluding steroid dienone is 3. The number of nitrogens with zero attached hydrogens (tertiary/aromatic N) is 3. The molecule has 1 fully saturated rings. The summed E-state index contributed by atoms with van der Waals surface area (Å²) in [6.07, 6.45) is 10.9. The van der Waals surface area contributed by atoms with Gasteiger partial charge in [0.25, 0.3) is 11.8 Å². The van der Waals surface area contributed by atoms with Gasteiger partial charge in [0, 0.05) is 30.7 Å². The molecule has 4 rings (SSSR count). The van der Waals surface area contributed by atoms with E-state index in [0.717, 1.165) is 5.56 Å². The molecule has 2 aliphatic heterocycles. The van der Waals surface area contributed by atoms with Crippen LogP contribution >= 0.6 is 23.2 Å². The van der Waals surface area contributed by atoms with Gasteiger partial charge in [-0.1, -0.05) is 47.3 Å². The lowest BCUT2D eigenvalue weighted by molar-refractivity contribution is -0.134. The molecule has 0 aliphatic carbocycles. The SMILES string of the molecule is C#C/C(C(=O)N1CCN2C(=O)c3cccnc3CC12c1ccc(Cl)cc1)=C(Cl)\C=C/C. The number of aromatic nitrogens is 1. The number of pyridine rings is 1. The number of hydrogen-bond donors (Lipinski definition) is 0. The molecule has 5 nitrogen and oxygen atoms in total. The van der Waals surface area contributed by atoms with Crippen LogP contribution in [0.3, 0.4) is 0 Å². The summed E-state index contributed by atoms with van der Waals surface area (Å²) >= 11 is 12.4. The Balaban J connectivity index is 1.92. The first kappa shape index (κ1) is 21.2. The van der Waals surface area contributed by atoms with Gasteiger partial charge in [-0.05, 0) is 42.8 Å². The zero-order valence-corrected chi connectivity index (χ0v) is 18.3. The molecular formula is C24H19Cl2N3O2. The monoisotopic (exact) mass is 451 g/mol. The van der Waals surface area contributed by atoms with Crippen molar-refractivity contribution in [3.8, 4) is 12.3 Å². The first-order chi connectivity index (χ1) is 14.9. The van der Waals surface area contributed by atoms with Crippen LogP contribution in [0.25, 0.3) is 0 Å². The fourth-order valence-electron chi connectivity index (χ4n) is 4.33. The van der Waals surface area contributed by atoms with Crippen molar-refractivity contribution in [3.63, 3.8) is 0 Å². The molecule has 2 amide bonds. The predicted octanol–water partition coefficient (Wildman–Crippen LogP) is 4.13. The van der Waals surface area contributed by atoms with Crippen molar-refractivity contribution in [2.24, 2.45) is 0 Å². The molecule has 0 N–H and O–H groups in total. The summed E-state index contributed by atoms with van der Waals surface area (Å²) in [6, 6.07) is 10.6. The van der Waals surface area contributed by atoms with Crippen LogP contribution in [0.2, 0.25) is 5.02 Å². The minimum atomic E-state index is -1.07. The maximum atomic E-state index is 13.6. The smallest absolute Gasteiger partial charge is 0.266 e. The predicted molar refractivity (Wildman–Crippen MR) is 120 cm³/mol. The molecule has 2 aliphatic rings. The molecule has 1 atom stereocenters. The molecule has 0 radical (unpaired) electrons. The minimum Gasteiger partial charge on any atom is -0.309 e. The summed E-state index contributed by atoms with van der Waals surface area (Å²) < 4.78 is 0. The van der Waals surface area contributed by atoms with Gasteiger partial charge in [0.05, 0.1) is 16.3 Å². The number of carbonyl (C=O) groups excluding carboxylic acids is 2. The second kappa shape index (κ2) is 8.22. The number of carbonyl (C=O) groups is 2. The molecule has 0 spiro atoms. The second-order valence-corrected chi connectivity index (χ2v) is 8.12. The Morgan fingerprint density at radius 1 is 1.26 bits per heavy atom. The molecule has 2 aromatic rings. The molecule has 31 heavy (non-hydrogen) atoms. The maximum Gasteiger partial charge on any atom is 0.266 e. The fourth-order valence-corrected chi connectivity index (χ4v) is 4.71. The first-order valence-corrected chi connectivity index (χ1v) is 10.5. The quantitative estimate of drug-likeness (QED) is 0.400. The van der Waals surface area contributed by atoms with E-state index in [1.54, 1.807) is 59.3 Å². The Morgan fingerprint density at radius 3 is 2.68 bits per heavy atom. The summed E-state index contributed by atoms with van der Waals surface area (Å²) in [4.78, 5) is 34.8. The van der Waals surface area contributed by atoms with Crippen molar-refractivity contribution in [3.05, 3.63) is 87.2 Å². The lowest BCUT2D eigenvalue weighted by atomic mass is 9.86. The standard InChI is InChI=1S/C24H19Cl2N3O2/c1-3-6-20(26)18(4-2)22(30)28-13-14-29-23(31)19-7-5-12-27-21(19)15-24(28,29)16-8-10-17(25)11-9-16/h2-3,5-12H,13-15H2,1H3/b6-3-,20-18-. The number of rotatable bonds is 3. The highest BCUT2D eigenvalue weighted by Crippen LogP contribution is 2.45. The average molecular weight is 452 g/mol. The van der Waals surface area contributed by atoms with Crippen molar-refractivity contribution in [1.82, 2.24) is 14.8 Å². The van der Waals surface area contributed by atoms with Crippen LogP contribution in [0.15, 0.2) is 65.4 Å². The number of halogens is 2. The first-order valence-electron chi connectivity index (χ1n) is 9.77. The van der Waals surface area contributed by atoms with E-state index in [4.69, 9.17) is 29.6 Å². The van der Waals surface area contributed by atoms with Gasteiger partial charge in [-0.25, -0.2) is 0 Å². The number of amides is 2. The highest BCUT2D eigenvalue weighted by atomic mass is 35.5. The Kier molecular flexibility index (Phi) is 5.62. The van der Waals surface area contributed by atoms with Gasteiger partial charge < -0.3 is 9.80 Å². The molecule has 3 heterocycles. The maximum absolute atomic E-state index is 13.6. The van der Waals surface area contributed by atoms with E-state index in [-0.39, 0.29) is 16.5 Å². The molecule has 156 valence electrons. The molecular weight excluding hydrogens is 433 g/mol. The topological polar surface area (TPSA) is 53.5 Å². The van der Waals surface area contributed by atoms with Gasteiger partial charge in [-0.3, -0.25) is 14.6 Å². The van der Waals surface area contributed by atoms with Gasteiger partial charge in [0.2, 0.25) is 0 Å². The van der Waals surface area contributed by atoms with Crippen LogP contribution in [-0.4, -0.2) is 39.7 Å². The molecule has 7 heteroatoms. The van der Waals surface area contributed by atoms with Crippen molar-refractivity contribution >= 4 is 35.0 Å². The summed E-state index contributed by atoms with van der Waals surface area (Å²) in [5.74, 6) is 1.85. The lowest BCUT2D eigenvalue weighted by Gasteiger charge is -2.47. The zero-order valence-electron chi connectivity index (χ0n) is 16.8. The summed E-state index contributed by atoms with van der Waals surface area (Å²) in [6.45, 7) is 2.46. The summed E-state index contributed by atoms with van der Waals surface area (Å²) in [5, 5.41) is 0.740. The third-order valence-corrected chi connectivity index (χ3v) is 6.25. The van der Waals surface area contributed by atoms with E-state index in [1.807, 2.05) is 12.1 Å². The fraction of sp³-hybridized carbons (Fsp3) is 0.208. The van der Waals surface area contributed by atoms with Gasteiger partial charge in [-0.2, -0.15) is 0 Å². The summed E-state index contributed by atoms with van der Waals surface area (Å²) in [7, 11) is 0. The largest absolute Gasteiger partial charge is 0.309 e. The Hall–Kier alpha value is -3.07. The number of terminal acetylenes is 1. The number of benzene rings is 1. The molecule has 1 aromatic carbocycles. The second-order valence-electron chi connectivity index (χ2n) is 7.28. The molecule has 0 bridgehead atoms. The van der Waals surface area contributed by atoms with Crippen molar-refractivity contribution < 1.29 is 9.59 Å². The van der Waals surface area contributed by atoms with Crippen molar-refractivity contribution in [2.75, 3.05) is 13.1 Å². The molecule has 0 saturated carbocycles. The van der Waals surface area contributed by atoms with Gasteiger partial charge in [-0.15, -0.1) is 6.42 Å². The van der Waals surface area contributed by atoms with Gasteiger partial charge in [0.1, 0.15) is 11.2 Å². The molecule has 1 aromatic heterocycles. The highest BCUT2D eigenvalue weighted by Gasteiger charge is 2.56. The van der Waals surface area contributed by atoms with Crippen LogP contribution in [0, 0.1) is 12.3 Å². The third-order valence-electron chi connectivity index (χ3n) is 5.68. The van der Waals surface area contributed by atoms with Crippen LogP contribution < -0.4 is 0 Å². The zero-order chi connectivity index (χ0) is 22.2. The van der Waals surface area contributed by atoms with Crippen molar-refractivity contribution in [1.29, 1.82) is 0 Å². The minimum absolute atomic E-state index is 0.0502. The number of hydrogen-bond acceptors (Lipinski definition) is 3. The summed E-state index contributed by atoms with van der Waals surface area (Å²) in [5.41, 5.74) is 0.903.